The van der Waals surface area contributed by atoms with E-state index in [2.05, 4.69) is 5.32 Å². The summed E-state index contributed by atoms with van der Waals surface area (Å²) >= 11 is 0. The number of carbonyl (C=O) groups is 1. The highest BCUT2D eigenvalue weighted by molar-refractivity contribution is 5.67. The van der Waals surface area contributed by atoms with E-state index in [1.54, 1.807) is 0 Å². The predicted octanol–water partition coefficient (Wildman–Crippen LogP) is 1.58. The van der Waals surface area contributed by atoms with Gasteiger partial charge in [0.25, 0.3) is 0 Å². The minimum atomic E-state index is -0.692. The topological polar surface area (TPSA) is 78.8 Å². The monoisotopic (exact) mass is 279 g/mol. The highest BCUT2D eigenvalue weighted by Gasteiger charge is 2.25. The first-order valence-corrected chi connectivity index (χ1v) is 6.98. The molecule has 2 rings (SSSR count). The lowest BCUT2D eigenvalue weighted by Crippen LogP contribution is -2.34. The van der Waals surface area contributed by atoms with Gasteiger partial charge in [-0.2, -0.15) is 0 Å². The molecule has 0 aliphatic heterocycles. The van der Waals surface area contributed by atoms with Gasteiger partial charge in [0.1, 0.15) is 6.61 Å². The molecular weight excluding hydrogens is 258 g/mol. The van der Waals surface area contributed by atoms with E-state index >= 15 is 0 Å². The van der Waals surface area contributed by atoms with Gasteiger partial charge in [-0.15, -0.1) is 0 Å². The van der Waals surface area contributed by atoms with Gasteiger partial charge in [-0.25, -0.2) is 4.79 Å². The van der Waals surface area contributed by atoms with Crippen molar-refractivity contribution in [2.45, 2.75) is 50.5 Å². The van der Waals surface area contributed by atoms with Crippen molar-refractivity contribution in [2.24, 2.45) is 0 Å². The Balaban J connectivity index is 1.74. The van der Waals surface area contributed by atoms with E-state index in [-0.39, 0.29) is 12.6 Å². The Morgan fingerprint density at radius 2 is 1.70 bits per heavy atom. The number of carbonyl (C=O) groups excluding carboxylic acids is 1. The van der Waals surface area contributed by atoms with Gasteiger partial charge in [-0.1, -0.05) is 30.3 Å². The molecule has 1 aliphatic rings. The van der Waals surface area contributed by atoms with Crippen LogP contribution in [0, 0.1) is 0 Å². The van der Waals surface area contributed by atoms with Gasteiger partial charge in [0.05, 0.1) is 12.2 Å². The molecule has 0 aromatic heterocycles. The molecule has 0 bridgehead atoms. The molecule has 0 radical (unpaired) electrons. The SMILES string of the molecule is O=C(NC1CC[C@@H](O)[C@@H](O)CC1)OCc1ccccc1. The van der Waals surface area contributed by atoms with Crippen LogP contribution in [0.15, 0.2) is 30.3 Å². The van der Waals surface area contributed by atoms with Gasteiger partial charge < -0.3 is 20.3 Å². The fourth-order valence-electron chi connectivity index (χ4n) is 2.35. The molecule has 1 amide bonds. The third-order valence-corrected chi connectivity index (χ3v) is 3.60. The Morgan fingerprint density at radius 1 is 1.10 bits per heavy atom. The molecular formula is C15H21NO4. The first-order chi connectivity index (χ1) is 9.65. The van der Waals surface area contributed by atoms with Crippen LogP contribution in [0.25, 0.3) is 0 Å². The van der Waals surface area contributed by atoms with Crippen LogP contribution in [0.3, 0.4) is 0 Å². The van der Waals surface area contributed by atoms with Gasteiger partial charge in [-0.05, 0) is 31.2 Å². The maximum absolute atomic E-state index is 11.7. The molecule has 20 heavy (non-hydrogen) atoms. The maximum Gasteiger partial charge on any atom is 0.407 e. The maximum atomic E-state index is 11.7. The standard InChI is InChI=1S/C15H21NO4/c17-13-8-6-12(7-9-14(13)18)16-15(19)20-10-11-4-2-1-3-5-11/h1-5,12-14,17-18H,6-10H2,(H,16,19)/t12?,13-,14+. The van der Waals surface area contributed by atoms with Crippen LogP contribution >= 0.6 is 0 Å². The van der Waals surface area contributed by atoms with Gasteiger partial charge in [0, 0.05) is 6.04 Å². The van der Waals surface area contributed by atoms with Crippen LogP contribution in [0.2, 0.25) is 0 Å². The lowest BCUT2D eigenvalue weighted by Gasteiger charge is -2.16. The molecule has 0 spiro atoms. The van der Waals surface area contributed by atoms with E-state index in [9.17, 15) is 15.0 Å². The lowest BCUT2D eigenvalue weighted by molar-refractivity contribution is 0.0157. The molecule has 1 aromatic carbocycles. The smallest absolute Gasteiger partial charge is 0.407 e. The zero-order chi connectivity index (χ0) is 14.4. The minimum absolute atomic E-state index is 0.0509. The number of hydrogen-bond donors (Lipinski definition) is 3. The number of benzene rings is 1. The van der Waals surface area contributed by atoms with E-state index in [1.807, 2.05) is 30.3 Å². The van der Waals surface area contributed by atoms with Crippen molar-refractivity contribution in [1.82, 2.24) is 5.32 Å². The number of amides is 1. The van der Waals surface area contributed by atoms with Crippen molar-refractivity contribution in [1.29, 1.82) is 0 Å². The van der Waals surface area contributed by atoms with Crippen molar-refractivity contribution in [3.8, 4) is 0 Å². The largest absolute Gasteiger partial charge is 0.445 e. The second kappa shape index (κ2) is 7.26. The molecule has 1 aromatic rings. The van der Waals surface area contributed by atoms with E-state index in [4.69, 9.17) is 4.74 Å². The average molecular weight is 279 g/mol. The average Bonchev–Trinajstić information content (AvgIpc) is 2.62. The first-order valence-electron chi connectivity index (χ1n) is 6.98. The van der Waals surface area contributed by atoms with Crippen molar-refractivity contribution < 1.29 is 19.7 Å². The van der Waals surface area contributed by atoms with E-state index in [0.717, 1.165) is 5.56 Å². The Labute approximate surface area is 118 Å². The summed E-state index contributed by atoms with van der Waals surface area (Å²) < 4.78 is 5.15. The Morgan fingerprint density at radius 3 is 2.30 bits per heavy atom. The molecule has 1 fully saturated rings. The van der Waals surface area contributed by atoms with E-state index in [1.165, 1.54) is 0 Å². The molecule has 3 atom stereocenters. The number of hydrogen-bond acceptors (Lipinski definition) is 4. The summed E-state index contributed by atoms with van der Waals surface area (Å²) in [4.78, 5) is 11.7. The second-order valence-electron chi connectivity index (χ2n) is 5.19. The fraction of sp³-hybridized carbons (Fsp3) is 0.533. The van der Waals surface area contributed by atoms with Crippen molar-refractivity contribution in [2.75, 3.05) is 0 Å². The number of alkyl carbamates (subject to hydrolysis) is 1. The van der Waals surface area contributed by atoms with Gasteiger partial charge in [0.15, 0.2) is 0 Å². The zero-order valence-corrected chi connectivity index (χ0v) is 11.4. The van der Waals surface area contributed by atoms with E-state index < -0.39 is 18.3 Å². The molecule has 110 valence electrons. The summed E-state index contributed by atoms with van der Waals surface area (Å²) in [6, 6.07) is 9.43. The summed E-state index contributed by atoms with van der Waals surface area (Å²) in [5, 5.41) is 21.9. The van der Waals surface area contributed by atoms with Crippen molar-refractivity contribution >= 4 is 6.09 Å². The molecule has 1 saturated carbocycles. The number of ether oxygens (including phenoxy) is 1. The fourth-order valence-corrected chi connectivity index (χ4v) is 2.35. The zero-order valence-electron chi connectivity index (χ0n) is 11.4. The van der Waals surface area contributed by atoms with E-state index in [0.29, 0.717) is 25.7 Å². The van der Waals surface area contributed by atoms with Gasteiger partial charge >= 0.3 is 6.09 Å². The van der Waals surface area contributed by atoms with Crippen molar-refractivity contribution in [3.63, 3.8) is 0 Å². The normalized spacial score (nSPS) is 26.6. The summed E-state index contributed by atoms with van der Waals surface area (Å²) in [5.74, 6) is 0. The quantitative estimate of drug-likeness (QED) is 0.734. The number of aliphatic hydroxyl groups is 2. The summed E-state index contributed by atoms with van der Waals surface area (Å²) in [5.41, 5.74) is 0.939. The highest BCUT2D eigenvalue weighted by Crippen LogP contribution is 2.18. The van der Waals surface area contributed by atoms with Crippen LogP contribution in [-0.4, -0.2) is 34.6 Å². The Kier molecular flexibility index (Phi) is 5.38. The molecule has 5 heteroatoms. The molecule has 0 heterocycles. The first kappa shape index (κ1) is 14.8. The number of aliphatic hydroxyl groups excluding tert-OH is 2. The summed E-state index contributed by atoms with van der Waals surface area (Å²) in [7, 11) is 0. The number of rotatable bonds is 3. The van der Waals surface area contributed by atoms with Crippen molar-refractivity contribution in [3.05, 3.63) is 35.9 Å². The van der Waals surface area contributed by atoms with Crippen LogP contribution in [0.4, 0.5) is 4.79 Å². The predicted molar refractivity (Wildman–Crippen MR) is 74.0 cm³/mol. The third-order valence-electron chi connectivity index (χ3n) is 3.60. The highest BCUT2D eigenvalue weighted by atomic mass is 16.5. The lowest BCUT2D eigenvalue weighted by atomic mass is 10.1. The molecule has 1 aliphatic carbocycles. The molecule has 5 nitrogen and oxygen atoms in total. The molecule has 1 unspecified atom stereocenters. The second-order valence-corrected chi connectivity index (χ2v) is 5.19. The number of nitrogens with one attached hydrogen (secondary N) is 1. The van der Waals surface area contributed by atoms with Gasteiger partial charge in [0.2, 0.25) is 0 Å². The Hall–Kier alpha value is -1.59. The minimum Gasteiger partial charge on any atom is -0.445 e. The van der Waals surface area contributed by atoms with Gasteiger partial charge in [-0.3, -0.25) is 0 Å². The van der Waals surface area contributed by atoms with Crippen LogP contribution < -0.4 is 5.32 Å². The Bertz CT molecular complexity index is 411. The molecule has 0 saturated heterocycles. The summed E-state index contributed by atoms with van der Waals surface area (Å²) in [6.07, 6.45) is 0.446. The summed E-state index contributed by atoms with van der Waals surface area (Å²) in [6.45, 7) is 0.241. The molecule has 3 N–H and O–H groups in total. The van der Waals surface area contributed by atoms with Crippen LogP contribution in [-0.2, 0) is 11.3 Å². The van der Waals surface area contributed by atoms with Crippen LogP contribution in [0.1, 0.15) is 31.2 Å². The third kappa shape index (κ3) is 4.51. The van der Waals surface area contributed by atoms with Crippen LogP contribution in [0.5, 0.6) is 0 Å².